The summed E-state index contributed by atoms with van der Waals surface area (Å²) >= 11 is 0. The monoisotopic (exact) mass is 414 g/mol. The largest absolute Gasteiger partial charge is 0.376 e. The van der Waals surface area contributed by atoms with Gasteiger partial charge in [-0.1, -0.05) is 29.8 Å². The summed E-state index contributed by atoms with van der Waals surface area (Å²) in [5.74, 6) is 0.0287. The highest BCUT2D eigenvalue weighted by Gasteiger charge is 2.51. The third-order valence-electron chi connectivity index (χ3n) is 5.72. The first-order valence-electron chi connectivity index (χ1n) is 9.99. The Bertz CT molecular complexity index is 974. The number of carbonyl (C=O) groups is 1. The fraction of sp³-hybridized carbons (Fsp3) is 0.409. The molecule has 2 aromatic rings. The van der Waals surface area contributed by atoms with Crippen molar-refractivity contribution in [2.45, 2.75) is 49.0 Å². The maximum atomic E-state index is 12.7. The maximum Gasteiger partial charge on any atom is 0.261 e. The lowest BCUT2D eigenvalue weighted by Gasteiger charge is -2.18. The molecule has 1 saturated heterocycles. The molecule has 1 unspecified atom stereocenters. The van der Waals surface area contributed by atoms with Gasteiger partial charge in [-0.25, -0.2) is 8.42 Å². The number of nitrogens with one attached hydrogen (secondary N) is 2. The first-order valence-corrected chi connectivity index (χ1v) is 11.5. The van der Waals surface area contributed by atoms with Crippen molar-refractivity contribution in [3.8, 4) is 0 Å². The molecule has 7 heteroatoms. The first-order chi connectivity index (χ1) is 13.9. The minimum atomic E-state index is -3.64. The van der Waals surface area contributed by atoms with Crippen molar-refractivity contribution in [2.75, 3.05) is 17.9 Å². The van der Waals surface area contributed by atoms with Crippen LogP contribution in [-0.2, 0) is 25.0 Å². The average molecular weight is 415 g/mol. The molecular formula is C22H26N2O4S. The molecule has 1 aliphatic carbocycles. The van der Waals surface area contributed by atoms with Crippen molar-refractivity contribution >= 4 is 21.6 Å². The van der Waals surface area contributed by atoms with E-state index in [1.54, 1.807) is 36.4 Å². The average Bonchev–Trinajstić information content (AvgIpc) is 3.35. The van der Waals surface area contributed by atoms with Crippen LogP contribution in [0.2, 0.25) is 0 Å². The normalized spacial score (nSPS) is 20.2. The summed E-state index contributed by atoms with van der Waals surface area (Å²) in [7, 11) is -3.64. The van der Waals surface area contributed by atoms with E-state index in [2.05, 4.69) is 10.0 Å². The Morgan fingerprint density at radius 2 is 1.79 bits per heavy atom. The molecule has 1 amide bonds. The summed E-state index contributed by atoms with van der Waals surface area (Å²) in [5, 5.41) is 3.03. The van der Waals surface area contributed by atoms with E-state index in [-0.39, 0.29) is 16.9 Å². The van der Waals surface area contributed by atoms with Crippen molar-refractivity contribution in [3.63, 3.8) is 0 Å². The molecule has 6 nitrogen and oxygen atoms in total. The van der Waals surface area contributed by atoms with E-state index in [4.69, 9.17) is 4.74 Å². The summed E-state index contributed by atoms with van der Waals surface area (Å²) in [5.41, 5.74) is 1.90. The molecule has 0 radical (unpaired) electrons. The molecule has 1 saturated carbocycles. The minimum Gasteiger partial charge on any atom is -0.376 e. The fourth-order valence-electron chi connectivity index (χ4n) is 3.74. The number of hydrogen-bond donors (Lipinski definition) is 2. The molecule has 4 rings (SSSR count). The second-order valence-electron chi connectivity index (χ2n) is 7.92. The number of hydrogen-bond acceptors (Lipinski definition) is 4. The molecule has 154 valence electrons. The standard InChI is InChI=1S/C22H26N2O4S/c1-16-4-10-20(11-5-16)29(26,27)24-18-8-6-17(7-9-18)22(12-13-22)21(25)23-15-19-3-2-14-28-19/h4-11,19,24H,2-3,12-15H2,1H3,(H,23,25). The Balaban J connectivity index is 1.42. The van der Waals surface area contributed by atoms with Gasteiger partial charge in [0.05, 0.1) is 16.4 Å². The van der Waals surface area contributed by atoms with E-state index < -0.39 is 15.4 Å². The van der Waals surface area contributed by atoms with Gasteiger partial charge in [-0.15, -0.1) is 0 Å². The topological polar surface area (TPSA) is 84.5 Å². The van der Waals surface area contributed by atoms with E-state index in [9.17, 15) is 13.2 Å². The van der Waals surface area contributed by atoms with Crippen LogP contribution in [0.15, 0.2) is 53.4 Å². The highest BCUT2D eigenvalue weighted by atomic mass is 32.2. The zero-order chi connectivity index (χ0) is 20.5. The number of amides is 1. The van der Waals surface area contributed by atoms with Gasteiger partial charge in [0.25, 0.3) is 10.0 Å². The van der Waals surface area contributed by atoms with Crippen LogP contribution in [0.5, 0.6) is 0 Å². The Morgan fingerprint density at radius 3 is 2.38 bits per heavy atom. The van der Waals surface area contributed by atoms with Crippen molar-refractivity contribution in [2.24, 2.45) is 0 Å². The molecular weight excluding hydrogens is 388 g/mol. The molecule has 2 aliphatic rings. The van der Waals surface area contributed by atoms with Crippen molar-refractivity contribution < 1.29 is 17.9 Å². The van der Waals surface area contributed by atoms with Gasteiger partial charge in [0.15, 0.2) is 0 Å². The number of rotatable bonds is 7. The Labute approximate surface area is 171 Å². The first kappa shape index (κ1) is 19.9. The molecule has 29 heavy (non-hydrogen) atoms. The molecule has 0 bridgehead atoms. The molecule has 1 aliphatic heterocycles. The lowest BCUT2D eigenvalue weighted by molar-refractivity contribution is -0.124. The number of ether oxygens (including phenoxy) is 1. The van der Waals surface area contributed by atoms with Gasteiger partial charge >= 0.3 is 0 Å². The van der Waals surface area contributed by atoms with Gasteiger partial charge in [-0.05, 0) is 62.4 Å². The van der Waals surface area contributed by atoms with Crippen molar-refractivity contribution in [1.82, 2.24) is 5.32 Å². The molecule has 0 aromatic heterocycles. The summed E-state index contributed by atoms with van der Waals surface area (Å²) in [6.45, 7) is 3.23. The number of sulfonamides is 1. The minimum absolute atomic E-state index is 0.0287. The van der Waals surface area contributed by atoms with Crippen molar-refractivity contribution in [3.05, 3.63) is 59.7 Å². The summed E-state index contributed by atoms with van der Waals surface area (Å²) in [6.07, 6.45) is 3.76. The van der Waals surface area contributed by atoms with Crippen LogP contribution in [-0.4, -0.2) is 33.6 Å². The predicted octanol–water partition coefficient (Wildman–Crippen LogP) is 3.12. The van der Waals surface area contributed by atoms with Gasteiger partial charge in [0, 0.05) is 18.8 Å². The van der Waals surface area contributed by atoms with E-state index in [1.165, 1.54) is 0 Å². The number of aryl methyl sites for hydroxylation is 1. The predicted molar refractivity (Wildman–Crippen MR) is 111 cm³/mol. The Hall–Kier alpha value is -2.38. The van der Waals surface area contributed by atoms with Gasteiger partial charge in [-0.3, -0.25) is 9.52 Å². The molecule has 1 atom stereocenters. The summed E-state index contributed by atoms with van der Waals surface area (Å²) in [6, 6.07) is 13.8. The van der Waals surface area contributed by atoms with E-state index >= 15 is 0 Å². The van der Waals surface area contributed by atoms with Crippen LogP contribution in [0.25, 0.3) is 0 Å². The molecule has 0 spiro atoms. The van der Waals surface area contributed by atoms with Crippen LogP contribution < -0.4 is 10.0 Å². The van der Waals surface area contributed by atoms with Crippen molar-refractivity contribution in [1.29, 1.82) is 0 Å². The quantitative estimate of drug-likeness (QED) is 0.729. The Morgan fingerprint density at radius 1 is 1.10 bits per heavy atom. The molecule has 1 heterocycles. The summed E-state index contributed by atoms with van der Waals surface area (Å²) in [4.78, 5) is 13.0. The van der Waals surface area contributed by atoms with Gasteiger partial charge < -0.3 is 10.1 Å². The molecule has 2 fully saturated rings. The SMILES string of the molecule is Cc1ccc(S(=O)(=O)Nc2ccc(C3(C(=O)NCC4CCCO4)CC3)cc2)cc1. The highest BCUT2D eigenvalue weighted by molar-refractivity contribution is 7.92. The number of anilines is 1. The zero-order valence-corrected chi connectivity index (χ0v) is 17.3. The third kappa shape index (κ3) is 4.31. The van der Waals surface area contributed by atoms with Crippen LogP contribution in [0.1, 0.15) is 36.8 Å². The zero-order valence-electron chi connectivity index (χ0n) is 16.5. The smallest absolute Gasteiger partial charge is 0.261 e. The second kappa shape index (κ2) is 7.80. The number of benzene rings is 2. The molecule has 2 N–H and O–H groups in total. The van der Waals surface area contributed by atoms with Crippen LogP contribution >= 0.6 is 0 Å². The third-order valence-corrected chi connectivity index (χ3v) is 7.12. The van der Waals surface area contributed by atoms with Gasteiger partial charge in [-0.2, -0.15) is 0 Å². The van der Waals surface area contributed by atoms with Crippen LogP contribution in [0, 0.1) is 6.92 Å². The van der Waals surface area contributed by atoms with E-state index in [0.29, 0.717) is 12.2 Å². The fourth-order valence-corrected chi connectivity index (χ4v) is 4.80. The van der Waals surface area contributed by atoms with Crippen LogP contribution in [0.3, 0.4) is 0 Å². The maximum absolute atomic E-state index is 12.7. The van der Waals surface area contributed by atoms with Gasteiger partial charge in [0.1, 0.15) is 0 Å². The summed E-state index contributed by atoms with van der Waals surface area (Å²) < 4.78 is 33.2. The highest BCUT2D eigenvalue weighted by Crippen LogP contribution is 2.48. The Kier molecular flexibility index (Phi) is 5.36. The van der Waals surface area contributed by atoms with E-state index in [0.717, 1.165) is 43.4 Å². The lowest BCUT2D eigenvalue weighted by atomic mass is 9.94. The van der Waals surface area contributed by atoms with E-state index in [1.807, 2.05) is 19.1 Å². The van der Waals surface area contributed by atoms with Crippen LogP contribution in [0.4, 0.5) is 5.69 Å². The number of carbonyl (C=O) groups excluding carboxylic acids is 1. The van der Waals surface area contributed by atoms with Gasteiger partial charge in [0.2, 0.25) is 5.91 Å². The molecule has 2 aromatic carbocycles. The second-order valence-corrected chi connectivity index (χ2v) is 9.61. The lowest BCUT2D eigenvalue weighted by Crippen LogP contribution is -2.39.